The number of carbonyl (C=O) groups is 1. The Morgan fingerprint density at radius 1 is 1.21 bits per heavy atom. The van der Waals surface area contributed by atoms with Crippen LogP contribution in [0.4, 0.5) is 5.69 Å². The van der Waals surface area contributed by atoms with Gasteiger partial charge in [-0.3, -0.25) is 9.89 Å². The number of ether oxygens (including phenoxy) is 1. The number of anilines is 1. The van der Waals surface area contributed by atoms with Gasteiger partial charge in [0.25, 0.3) is 5.91 Å². The highest BCUT2D eigenvalue weighted by Gasteiger charge is 2.20. The number of hydrogen-bond donors (Lipinski definition) is 2. The van der Waals surface area contributed by atoms with E-state index in [1.807, 2.05) is 24.3 Å². The second-order valence-corrected chi connectivity index (χ2v) is 7.37. The lowest BCUT2D eigenvalue weighted by Crippen LogP contribution is -2.29. The van der Waals surface area contributed by atoms with Gasteiger partial charge in [-0.2, -0.15) is 5.10 Å². The molecule has 4 rings (SSSR count). The third-order valence-electron chi connectivity index (χ3n) is 5.42. The van der Waals surface area contributed by atoms with E-state index in [1.165, 1.54) is 5.56 Å². The number of nitrogens with zero attached hydrogens (tertiary/aromatic N) is 3. The number of pyridine rings is 1. The van der Waals surface area contributed by atoms with Gasteiger partial charge in [-0.25, -0.2) is 4.98 Å². The summed E-state index contributed by atoms with van der Waals surface area (Å²) in [6.07, 6.45) is 3.92. The van der Waals surface area contributed by atoms with Crippen LogP contribution in [0.15, 0.2) is 48.7 Å². The number of amides is 1. The third kappa shape index (κ3) is 4.30. The average Bonchev–Trinajstić information content (AvgIpc) is 3.30. The van der Waals surface area contributed by atoms with Crippen molar-refractivity contribution in [3.05, 3.63) is 59.9 Å². The maximum Gasteiger partial charge on any atom is 0.274 e. The highest BCUT2D eigenvalue weighted by atomic mass is 16.5. The van der Waals surface area contributed by atoms with E-state index in [2.05, 4.69) is 38.5 Å². The lowest BCUT2D eigenvalue weighted by molar-refractivity contribution is 0.102. The van der Waals surface area contributed by atoms with Crippen molar-refractivity contribution in [1.29, 1.82) is 0 Å². The summed E-state index contributed by atoms with van der Waals surface area (Å²) in [7, 11) is 3.78. The van der Waals surface area contributed by atoms with Crippen molar-refractivity contribution in [3.8, 4) is 17.1 Å². The van der Waals surface area contributed by atoms with Crippen molar-refractivity contribution < 1.29 is 9.53 Å². The lowest BCUT2D eigenvalue weighted by atomic mass is 9.89. The number of benzene rings is 1. The van der Waals surface area contributed by atoms with Crippen molar-refractivity contribution in [1.82, 2.24) is 20.1 Å². The van der Waals surface area contributed by atoms with Crippen molar-refractivity contribution >= 4 is 11.6 Å². The highest BCUT2D eigenvalue weighted by Crippen LogP contribution is 2.33. The fraction of sp³-hybridized carbons (Fsp3) is 0.318. The van der Waals surface area contributed by atoms with E-state index in [4.69, 9.17) is 4.74 Å². The first-order valence-corrected chi connectivity index (χ1v) is 9.78. The summed E-state index contributed by atoms with van der Waals surface area (Å²) in [4.78, 5) is 19.6. The first-order valence-electron chi connectivity index (χ1n) is 9.78. The molecule has 0 radical (unpaired) electrons. The molecule has 0 bridgehead atoms. The molecule has 0 saturated carbocycles. The first-order chi connectivity index (χ1) is 14.1. The van der Waals surface area contributed by atoms with Crippen molar-refractivity contribution in [3.63, 3.8) is 0 Å². The molecule has 0 spiro atoms. The molecule has 1 saturated heterocycles. The second kappa shape index (κ2) is 8.45. The van der Waals surface area contributed by atoms with Gasteiger partial charge in [0, 0.05) is 6.20 Å². The summed E-state index contributed by atoms with van der Waals surface area (Å²) in [6.45, 7) is 2.20. The van der Waals surface area contributed by atoms with E-state index in [1.54, 1.807) is 25.4 Å². The summed E-state index contributed by atoms with van der Waals surface area (Å²) < 4.78 is 5.56. The molecule has 29 heavy (non-hydrogen) atoms. The fourth-order valence-corrected chi connectivity index (χ4v) is 3.70. The number of aromatic amines is 1. The topological polar surface area (TPSA) is 83.1 Å². The molecule has 0 aliphatic carbocycles. The van der Waals surface area contributed by atoms with Gasteiger partial charge in [-0.05, 0) is 74.8 Å². The van der Waals surface area contributed by atoms with Crippen LogP contribution in [0.25, 0.3) is 11.4 Å². The number of nitrogens with one attached hydrogen (secondary N) is 2. The van der Waals surface area contributed by atoms with Crippen LogP contribution < -0.4 is 10.1 Å². The standard InChI is InChI=1S/C22H25N5O2/c1-27-12-9-15(10-13-27)16-6-7-19(21(14-16)29-2)25-22(28)20-5-3-4-17(24-20)18-8-11-23-26-18/h3-8,11,14-15H,9-10,12-13H2,1-2H3,(H,23,26)(H,25,28). The molecule has 1 fully saturated rings. The van der Waals surface area contributed by atoms with Gasteiger partial charge in [-0.15, -0.1) is 0 Å². The Hall–Kier alpha value is -3.19. The van der Waals surface area contributed by atoms with Gasteiger partial charge in [0.2, 0.25) is 0 Å². The van der Waals surface area contributed by atoms with Crippen LogP contribution in [0.1, 0.15) is 34.8 Å². The molecule has 1 aliphatic rings. The summed E-state index contributed by atoms with van der Waals surface area (Å²) >= 11 is 0. The molecule has 7 nitrogen and oxygen atoms in total. The largest absolute Gasteiger partial charge is 0.495 e. The Labute approximate surface area is 170 Å². The molecule has 0 atom stereocenters. The minimum Gasteiger partial charge on any atom is -0.495 e. The molecule has 3 heterocycles. The molecule has 2 aromatic heterocycles. The van der Waals surface area contributed by atoms with E-state index in [9.17, 15) is 4.79 Å². The number of aromatic nitrogens is 3. The van der Waals surface area contributed by atoms with Crippen molar-refractivity contribution in [2.45, 2.75) is 18.8 Å². The zero-order valence-corrected chi connectivity index (χ0v) is 16.7. The zero-order valence-electron chi connectivity index (χ0n) is 16.7. The van der Waals surface area contributed by atoms with Gasteiger partial charge < -0.3 is 15.0 Å². The molecule has 1 aliphatic heterocycles. The van der Waals surface area contributed by atoms with Crippen LogP contribution in [0, 0.1) is 0 Å². The number of hydrogen-bond acceptors (Lipinski definition) is 5. The fourth-order valence-electron chi connectivity index (χ4n) is 3.70. The number of piperidine rings is 1. The van der Waals surface area contributed by atoms with Crippen LogP contribution in [0.3, 0.4) is 0 Å². The summed E-state index contributed by atoms with van der Waals surface area (Å²) in [5, 5.41) is 9.72. The Morgan fingerprint density at radius 2 is 2.03 bits per heavy atom. The molecular weight excluding hydrogens is 366 g/mol. The smallest absolute Gasteiger partial charge is 0.274 e. The number of H-pyrrole nitrogens is 1. The normalized spacial score (nSPS) is 15.2. The number of likely N-dealkylation sites (tertiary alicyclic amines) is 1. The van der Waals surface area contributed by atoms with Crippen LogP contribution in [-0.2, 0) is 0 Å². The van der Waals surface area contributed by atoms with Gasteiger partial charge in [0.15, 0.2) is 0 Å². The minimum atomic E-state index is -0.281. The molecule has 3 aromatic rings. The molecule has 1 aromatic carbocycles. The van der Waals surface area contributed by atoms with Crippen LogP contribution >= 0.6 is 0 Å². The quantitative estimate of drug-likeness (QED) is 0.695. The summed E-state index contributed by atoms with van der Waals surface area (Å²) in [5.74, 6) is 0.911. The van der Waals surface area contributed by atoms with Gasteiger partial charge in [-0.1, -0.05) is 12.1 Å². The van der Waals surface area contributed by atoms with Gasteiger partial charge in [0.1, 0.15) is 11.4 Å². The zero-order chi connectivity index (χ0) is 20.2. The predicted molar refractivity (Wildman–Crippen MR) is 112 cm³/mol. The monoisotopic (exact) mass is 391 g/mol. The second-order valence-electron chi connectivity index (χ2n) is 7.37. The molecule has 1 amide bonds. The lowest BCUT2D eigenvalue weighted by Gasteiger charge is -2.29. The number of carbonyl (C=O) groups excluding carboxylic acids is 1. The number of rotatable bonds is 5. The van der Waals surface area contributed by atoms with Crippen molar-refractivity contribution in [2.75, 3.05) is 32.6 Å². The van der Waals surface area contributed by atoms with E-state index < -0.39 is 0 Å². The maximum atomic E-state index is 12.8. The van der Waals surface area contributed by atoms with E-state index in [0.717, 1.165) is 31.6 Å². The molecular formula is C22H25N5O2. The third-order valence-corrected chi connectivity index (χ3v) is 5.42. The van der Waals surface area contributed by atoms with Gasteiger partial charge >= 0.3 is 0 Å². The van der Waals surface area contributed by atoms with E-state index in [-0.39, 0.29) is 5.91 Å². The Kier molecular flexibility index (Phi) is 5.57. The Bertz CT molecular complexity index is 979. The minimum absolute atomic E-state index is 0.281. The Balaban J connectivity index is 1.51. The van der Waals surface area contributed by atoms with Crippen molar-refractivity contribution in [2.24, 2.45) is 0 Å². The van der Waals surface area contributed by atoms with Crippen LogP contribution in [0.2, 0.25) is 0 Å². The van der Waals surface area contributed by atoms with E-state index in [0.29, 0.717) is 28.7 Å². The molecule has 0 unspecified atom stereocenters. The van der Waals surface area contributed by atoms with Crippen LogP contribution in [0.5, 0.6) is 5.75 Å². The summed E-state index contributed by atoms with van der Waals surface area (Å²) in [5.41, 5.74) is 3.66. The predicted octanol–water partition coefficient (Wildman–Crippen LogP) is 3.54. The highest BCUT2D eigenvalue weighted by molar-refractivity contribution is 6.04. The molecule has 150 valence electrons. The average molecular weight is 391 g/mol. The summed E-state index contributed by atoms with van der Waals surface area (Å²) in [6, 6.07) is 13.2. The molecule has 7 heteroatoms. The van der Waals surface area contributed by atoms with E-state index >= 15 is 0 Å². The maximum absolute atomic E-state index is 12.8. The van der Waals surface area contributed by atoms with Crippen LogP contribution in [-0.4, -0.2) is 53.2 Å². The first kappa shape index (κ1) is 19.1. The SMILES string of the molecule is COc1cc(C2CCN(C)CC2)ccc1NC(=O)c1cccc(-c2ccn[nH]2)n1. The van der Waals surface area contributed by atoms with Gasteiger partial charge in [0.05, 0.1) is 24.2 Å². The Morgan fingerprint density at radius 3 is 2.76 bits per heavy atom. The number of methoxy groups -OCH3 is 1. The molecule has 2 N–H and O–H groups in total.